The lowest BCUT2D eigenvalue weighted by molar-refractivity contribution is 0.300. The molecule has 6 nitrogen and oxygen atoms in total. The summed E-state index contributed by atoms with van der Waals surface area (Å²) >= 11 is 0. The number of nitrogens with one attached hydrogen (secondary N) is 2. The van der Waals surface area contributed by atoms with Gasteiger partial charge in [-0.2, -0.15) is 5.10 Å². The molecule has 132 valence electrons. The largest absolute Gasteiger partial charge is 0.489 e. The van der Waals surface area contributed by atoms with Gasteiger partial charge >= 0.3 is 0 Å². The highest BCUT2D eigenvalue weighted by Gasteiger charge is 2.02. The van der Waals surface area contributed by atoms with E-state index in [2.05, 4.69) is 20.5 Å². The first-order chi connectivity index (χ1) is 12.6. The number of anilines is 1. The summed E-state index contributed by atoms with van der Waals surface area (Å²) in [6.45, 7) is 1.86. The topological polar surface area (TPSA) is 79.4 Å². The lowest BCUT2D eigenvalue weighted by atomic mass is 10.2. The van der Waals surface area contributed by atoms with Crippen LogP contribution in [0.3, 0.4) is 0 Å². The number of ether oxygens (including phenoxy) is 1. The van der Waals surface area contributed by atoms with E-state index in [1.54, 1.807) is 43.5 Å². The fourth-order valence-electron chi connectivity index (χ4n) is 2.26. The highest BCUT2D eigenvalue weighted by molar-refractivity contribution is 5.80. The summed E-state index contributed by atoms with van der Waals surface area (Å²) in [5.74, 6) is 0.562. The first-order valence-corrected chi connectivity index (χ1v) is 7.93. The van der Waals surface area contributed by atoms with Crippen LogP contribution >= 0.6 is 0 Å². The lowest BCUT2D eigenvalue weighted by Gasteiger charge is -2.07. The standard InChI is InChI=1S/C19H17FN4O2/c1-13-9-18(25)23-19(22-13)24-21-11-14-5-4-7-16(10-14)26-12-15-6-2-3-8-17(15)20/h2-11H,12H2,1H3,(H2,22,23,24,25)/b21-11+. The van der Waals surface area contributed by atoms with Gasteiger partial charge in [-0.05, 0) is 30.7 Å². The smallest absolute Gasteiger partial charge is 0.252 e. The minimum absolute atomic E-state index is 0.139. The molecule has 0 bridgehead atoms. The number of hydrogen-bond acceptors (Lipinski definition) is 5. The van der Waals surface area contributed by atoms with Crippen LogP contribution in [-0.4, -0.2) is 16.2 Å². The summed E-state index contributed by atoms with van der Waals surface area (Å²) in [6, 6.07) is 15.1. The Balaban J connectivity index is 1.63. The van der Waals surface area contributed by atoms with Crippen LogP contribution in [0.15, 0.2) is 64.5 Å². The molecule has 0 spiro atoms. The quantitative estimate of drug-likeness (QED) is 0.527. The second kappa shape index (κ2) is 8.06. The molecule has 0 atom stereocenters. The Morgan fingerprint density at radius 3 is 2.88 bits per heavy atom. The average molecular weight is 352 g/mol. The van der Waals surface area contributed by atoms with Gasteiger partial charge in [-0.3, -0.25) is 9.78 Å². The minimum Gasteiger partial charge on any atom is -0.489 e. The van der Waals surface area contributed by atoms with Crippen LogP contribution in [0, 0.1) is 12.7 Å². The number of hydrazone groups is 1. The number of aromatic nitrogens is 2. The van der Waals surface area contributed by atoms with Crippen LogP contribution in [-0.2, 0) is 6.61 Å². The number of hydrogen-bond donors (Lipinski definition) is 2. The molecule has 0 unspecified atom stereocenters. The van der Waals surface area contributed by atoms with E-state index >= 15 is 0 Å². The number of nitrogens with zero attached hydrogens (tertiary/aromatic N) is 2. The molecule has 3 rings (SSSR count). The van der Waals surface area contributed by atoms with E-state index in [9.17, 15) is 9.18 Å². The van der Waals surface area contributed by atoms with Gasteiger partial charge < -0.3 is 4.74 Å². The predicted molar refractivity (Wildman–Crippen MR) is 98.0 cm³/mol. The van der Waals surface area contributed by atoms with Gasteiger partial charge in [0.2, 0.25) is 5.95 Å². The molecular weight excluding hydrogens is 335 g/mol. The van der Waals surface area contributed by atoms with Gasteiger partial charge in [-0.1, -0.05) is 30.3 Å². The van der Waals surface area contributed by atoms with Crippen molar-refractivity contribution in [2.75, 3.05) is 5.43 Å². The summed E-state index contributed by atoms with van der Waals surface area (Å²) in [4.78, 5) is 18.0. The molecule has 0 aliphatic carbocycles. The normalized spacial score (nSPS) is 10.8. The van der Waals surface area contributed by atoms with Crippen LogP contribution in [0.2, 0.25) is 0 Å². The second-order valence-electron chi connectivity index (χ2n) is 5.56. The van der Waals surface area contributed by atoms with Gasteiger partial charge in [-0.25, -0.2) is 14.8 Å². The van der Waals surface area contributed by atoms with Crippen LogP contribution in [0.1, 0.15) is 16.8 Å². The first kappa shape index (κ1) is 17.3. The van der Waals surface area contributed by atoms with Gasteiger partial charge in [0.25, 0.3) is 5.56 Å². The Kier molecular flexibility index (Phi) is 5.38. The van der Waals surface area contributed by atoms with Crippen molar-refractivity contribution in [1.29, 1.82) is 0 Å². The van der Waals surface area contributed by atoms with Crippen LogP contribution in [0.5, 0.6) is 5.75 Å². The molecular formula is C19H17FN4O2. The zero-order valence-electron chi connectivity index (χ0n) is 14.1. The number of rotatable bonds is 6. The minimum atomic E-state index is -0.297. The van der Waals surface area contributed by atoms with Crippen molar-refractivity contribution < 1.29 is 9.13 Å². The van der Waals surface area contributed by atoms with Gasteiger partial charge in [-0.15, -0.1) is 0 Å². The molecule has 1 aromatic heterocycles. The van der Waals surface area contributed by atoms with Crippen molar-refractivity contribution in [2.24, 2.45) is 5.10 Å². The third-order valence-electron chi connectivity index (χ3n) is 3.46. The zero-order chi connectivity index (χ0) is 18.4. The SMILES string of the molecule is Cc1cc(=O)[nH]c(N/N=C/c2cccc(OCc3ccccc3F)c2)n1. The summed E-state index contributed by atoms with van der Waals surface area (Å²) in [5.41, 5.74) is 4.28. The number of aryl methyl sites for hydroxylation is 1. The molecule has 1 heterocycles. The zero-order valence-corrected chi connectivity index (χ0v) is 14.1. The molecule has 26 heavy (non-hydrogen) atoms. The fourth-order valence-corrected chi connectivity index (χ4v) is 2.26. The number of benzene rings is 2. The van der Waals surface area contributed by atoms with Crippen molar-refractivity contribution in [3.05, 3.63) is 87.6 Å². The van der Waals surface area contributed by atoms with Crippen molar-refractivity contribution in [1.82, 2.24) is 9.97 Å². The predicted octanol–water partition coefficient (Wildman–Crippen LogP) is 3.24. The monoisotopic (exact) mass is 352 g/mol. The third kappa shape index (κ3) is 4.76. The molecule has 3 aromatic rings. The lowest BCUT2D eigenvalue weighted by Crippen LogP contribution is -2.10. The summed E-state index contributed by atoms with van der Waals surface area (Å²) in [6.07, 6.45) is 1.57. The molecule has 0 saturated carbocycles. The summed E-state index contributed by atoms with van der Waals surface area (Å²) < 4.78 is 19.2. The summed E-state index contributed by atoms with van der Waals surface area (Å²) in [7, 11) is 0. The number of halogens is 1. The van der Waals surface area contributed by atoms with E-state index in [0.717, 1.165) is 5.56 Å². The maximum absolute atomic E-state index is 13.6. The van der Waals surface area contributed by atoms with Crippen molar-refractivity contribution in [2.45, 2.75) is 13.5 Å². The van der Waals surface area contributed by atoms with Crippen molar-refractivity contribution in [3.8, 4) is 5.75 Å². The Morgan fingerprint density at radius 2 is 2.08 bits per heavy atom. The first-order valence-electron chi connectivity index (χ1n) is 7.93. The third-order valence-corrected chi connectivity index (χ3v) is 3.46. The van der Waals surface area contributed by atoms with Gasteiger partial charge in [0.05, 0.1) is 6.21 Å². The molecule has 0 aliphatic rings. The Hall–Kier alpha value is -3.48. The van der Waals surface area contributed by atoms with Crippen molar-refractivity contribution >= 4 is 12.2 Å². The Bertz CT molecular complexity index is 985. The van der Waals surface area contributed by atoms with Gasteiger partial charge in [0.1, 0.15) is 18.2 Å². The molecule has 7 heteroatoms. The second-order valence-corrected chi connectivity index (χ2v) is 5.56. The maximum atomic E-state index is 13.6. The maximum Gasteiger partial charge on any atom is 0.252 e. The van der Waals surface area contributed by atoms with E-state index in [-0.39, 0.29) is 23.9 Å². The van der Waals surface area contributed by atoms with Gasteiger partial charge in [0, 0.05) is 17.3 Å². The van der Waals surface area contributed by atoms with Gasteiger partial charge in [0.15, 0.2) is 0 Å². The molecule has 0 radical (unpaired) electrons. The molecule has 0 aliphatic heterocycles. The van der Waals surface area contributed by atoms with E-state index in [0.29, 0.717) is 17.0 Å². The highest BCUT2D eigenvalue weighted by atomic mass is 19.1. The van der Waals surface area contributed by atoms with E-state index in [1.807, 2.05) is 12.1 Å². The molecule has 0 fully saturated rings. The fraction of sp³-hybridized carbons (Fsp3) is 0.105. The highest BCUT2D eigenvalue weighted by Crippen LogP contribution is 2.15. The molecule has 2 aromatic carbocycles. The number of H-pyrrole nitrogens is 1. The summed E-state index contributed by atoms with van der Waals surface area (Å²) in [5, 5.41) is 4.04. The van der Waals surface area contributed by atoms with Crippen molar-refractivity contribution in [3.63, 3.8) is 0 Å². The van der Waals surface area contributed by atoms with E-state index in [4.69, 9.17) is 4.74 Å². The molecule has 2 N–H and O–H groups in total. The van der Waals surface area contributed by atoms with E-state index in [1.165, 1.54) is 12.1 Å². The molecule has 0 saturated heterocycles. The van der Waals surface area contributed by atoms with Crippen LogP contribution in [0.25, 0.3) is 0 Å². The van der Waals surface area contributed by atoms with E-state index < -0.39 is 0 Å². The number of aromatic amines is 1. The molecule has 0 amide bonds. The van der Waals surface area contributed by atoms with Crippen LogP contribution < -0.4 is 15.7 Å². The Morgan fingerprint density at radius 1 is 1.23 bits per heavy atom. The average Bonchev–Trinajstić information content (AvgIpc) is 2.61. The Labute approximate surface area is 149 Å². The van der Waals surface area contributed by atoms with Crippen LogP contribution in [0.4, 0.5) is 10.3 Å².